The molecule has 0 saturated heterocycles. The predicted octanol–water partition coefficient (Wildman–Crippen LogP) is 2.44. The van der Waals surface area contributed by atoms with Gasteiger partial charge in [0.1, 0.15) is 0 Å². The molecule has 0 aliphatic carbocycles. The van der Waals surface area contributed by atoms with Gasteiger partial charge in [0.05, 0.1) is 23.9 Å². The lowest BCUT2D eigenvalue weighted by Crippen LogP contribution is -2.17. The van der Waals surface area contributed by atoms with Gasteiger partial charge in [0, 0.05) is 18.3 Å². The minimum Gasteiger partial charge on any atom is -0.397 e. The maximum absolute atomic E-state index is 11.5. The second-order valence-corrected chi connectivity index (χ2v) is 4.54. The highest BCUT2D eigenvalue weighted by Gasteiger charge is 2.06. The average Bonchev–Trinajstić information content (AvgIpc) is 2.50. The van der Waals surface area contributed by atoms with Gasteiger partial charge in [-0.05, 0) is 35.9 Å². The fraction of sp³-hybridized carbons (Fsp3) is 0.125. The smallest absolute Gasteiger partial charge is 0.251 e. The number of nitriles is 1. The topological polar surface area (TPSA) is 90.9 Å². The SMILES string of the molecule is CNC(=O)c1ccc(Nc2ccc(CC#N)cc2)c(N)c1. The van der Waals surface area contributed by atoms with Crippen LogP contribution in [0.4, 0.5) is 17.1 Å². The Labute approximate surface area is 123 Å². The first-order valence-electron chi connectivity index (χ1n) is 6.48. The molecule has 0 aromatic heterocycles. The van der Waals surface area contributed by atoms with Gasteiger partial charge in [-0.15, -0.1) is 0 Å². The Morgan fingerprint density at radius 3 is 2.52 bits per heavy atom. The number of nitrogens with two attached hydrogens (primary N) is 1. The number of anilines is 3. The van der Waals surface area contributed by atoms with Gasteiger partial charge >= 0.3 is 0 Å². The Bertz CT molecular complexity index is 686. The lowest BCUT2D eigenvalue weighted by Gasteiger charge is -2.11. The molecule has 2 aromatic carbocycles. The van der Waals surface area contributed by atoms with Crippen LogP contribution >= 0.6 is 0 Å². The molecule has 0 unspecified atom stereocenters. The molecular formula is C16H16N4O. The Kier molecular flexibility index (Phi) is 4.42. The molecule has 0 fully saturated rings. The number of benzene rings is 2. The van der Waals surface area contributed by atoms with Crippen molar-refractivity contribution in [1.29, 1.82) is 5.26 Å². The number of nitrogens with zero attached hydrogens (tertiary/aromatic N) is 1. The predicted molar refractivity (Wildman–Crippen MR) is 83.3 cm³/mol. The van der Waals surface area contributed by atoms with Crippen molar-refractivity contribution >= 4 is 23.0 Å². The molecule has 0 bridgehead atoms. The van der Waals surface area contributed by atoms with E-state index in [-0.39, 0.29) is 5.91 Å². The quantitative estimate of drug-likeness (QED) is 0.750. The fourth-order valence-electron chi connectivity index (χ4n) is 1.91. The second kappa shape index (κ2) is 6.44. The summed E-state index contributed by atoms with van der Waals surface area (Å²) in [7, 11) is 1.58. The van der Waals surface area contributed by atoms with Crippen LogP contribution in [0.25, 0.3) is 0 Å². The fourth-order valence-corrected chi connectivity index (χ4v) is 1.91. The molecule has 2 aromatic rings. The number of amides is 1. The Morgan fingerprint density at radius 1 is 1.24 bits per heavy atom. The number of nitrogens with one attached hydrogen (secondary N) is 2. The van der Waals surface area contributed by atoms with Crippen LogP contribution in [0.5, 0.6) is 0 Å². The number of carbonyl (C=O) groups is 1. The van der Waals surface area contributed by atoms with Crippen LogP contribution in [0, 0.1) is 11.3 Å². The van der Waals surface area contributed by atoms with Gasteiger partial charge in [0.15, 0.2) is 0 Å². The molecule has 0 aliphatic heterocycles. The molecule has 0 saturated carbocycles. The maximum Gasteiger partial charge on any atom is 0.251 e. The van der Waals surface area contributed by atoms with E-state index in [1.807, 2.05) is 24.3 Å². The van der Waals surface area contributed by atoms with E-state index in [1.54, 1.807) is 25.2 Å². The molecule has 5 heteroatoms. The molecule has 0 radical (unpaired) electrons. The Hall–Kier alpha value is -3.00. The van der Waals surface area contributed by atoms with Crippen LogP contribution in [0.1, 0.15) is 15.9 Å². The summed E-state index contributed by atoms with van der Waals surface area (Å²) in [6.07, 6.45) is 0.392. The highest BCUT2D eigenvalue weighted by molar-refractivity contribution is 5.96. The summed E-state index contributed by atoms with van der Waals surface area (Å²) in [4.78, 5) is 11.5. The summed E-state index contributed by atoms with van der Waals surface area (Å²) in [5.41, 5.74) is 9.54. The van der Waals surface area contributed by atoms with Crippen LogP contribution in [0.15, 0.2) is 42.5 Å². The number of rotatable bonds is 4. The minimum absolute atomic E-state index is 0.172. The zero-order valence-electron chi connectivity index (χ0n) is 11.7. The highest BCUT2D eigenvalue weighted by Crippen LogP contribution is 2.24. The summed E-state index contributed by atoms with van der Waals surface area (Å²) in [6.45, 7) is 0. The van der Waals surface area contributed by atoms with Gasteiger partial charge in [-0.2, -0.15) is 5.26 Å². The van der Waals surface area contributed by atoms with Crippen molar-refractivity contribution < 1.29 is 4.79 Å². The Morgan fingerprint density at radius 2 is 1.95 bits per heavy atom. The second-order valence-electron chi connectivity index (χ2n) is 4.54. The van der Waals surface area contributed by atoms with Crippen molar-refractivity contribution in [2.24, 2.45) is 0 Å². The van der Waals surface area contributed by atoms with Gasteiger partial charge in [-0.1, -0.05) is 12.1 Å². The standard InChI is InChI=1S/C16H16N4O/c1-19-16(21)12-4-7-15(14(18)10-12)20-13-5-2-11(3-6-13)8-9-17/h2-7,10,20H,8,18H2,1H3,(H,19,21). The lowest BCUT2D eigenvalue weighted by molar-refractivity contribution is 0.0963. The van der Waals surface area contributed by atoms with Crippen molar-refractivity contribution in [2.75, 3.05) is 18.1 Å². The van der Waals surface area contributed by atoms with Crippen LogP contribution < -0.4 is 16.4 Å². The first kappa shape index (κ1) is 14.4. The molecule has 0 spiro atoms. The molecule has 0 atom stereocenters. The number of nitrogen functional groups attached to an aromatic ring is 1. The van der Waals surface area contributed by atoms with Gasteiger partial charge in [0.25, 0.3) is 5.91 Å². The summed E-state index contributed by atoms with van der Waals surface area (Å²) in [5.74, 6) is -0.172. The third-order valence-corrected chi connectivity index (χ3v) is 3.06. The van der Waals surface area contributed by atoms with E-state index in [1.165, 1.54) is 0 Å². The number of hydrogen-bond acceptors (Lipinski definition) is 4. The van der Waals surface area contributed by atoms with Crippen molar-refractivity contribution in [3.63, 3.8) is 0 Å². The third-order valence-electron chi connectivity index (χ3n) is 3.06. The average molecular weight is 280 g/mol. The molecule has 5 nitrogen and oxygen atoms in total. The van der Waals surface area contributed by atoms with Crippen molar-refractivity contribution in [2.45, 2.75) is 6.42 Å². The largest absolute Gasteiger partial charge is 0.397 e. The molecule has 0 heterocycles. The van der Waals surface area contributed by atoms with Crippen molar-refractivity contribution in [3.8, 4) is 6.07 Å². The summed E-state index contributed by atoms with van der Waals surface area (Å²) < 4.78 is 0. The van der Waals surface area contributed by atoms with Crippen LogP contribution in [-0.4, -0.2) is 13.0 Å². The van der Waals surface area contributed by atoms with Crippen LogP contribution in [-0.2, 0) is 6.42 Å². The van der Waals surface area contributed by atoms with E-state index in [2.05, 4.69) is 16.7 Å². The van der Waals surface area contributed by atoms with E-state index >= 15 is 0 Å². The molecule has 4 N–H and O–H groups in total. The zero-order chi connectivity index (χ0) is 15.2. The van der Waals surface area contributed by atoms with E-state index in [0.29, 0.717) is 17.7 Å². The summed E-state index contributed by atoms with van der Waals surface area (Å²) in [6, 6.07) is 14.8. The van der Waals surface area contributed by atoms with Crippen molar-refractivity contribution in [1.82, 2.24) is 5.32 Å². The van der Waals surface area contributed by atoms with Gasteiger partial charge in [-0.3, -0.25) is 4.79 Å². The Balaban J connectivity index is 2.16. The van der Waals surface area contributed by atoms with Crippen LogP contribution in [0.2, 0.25) is 0 Å². The number of hydrogen-bond donors (Lipinski definition) is 3. The normalized spacial score (nSPS) is 9.71. The molecule has 21 heavy (non-hydrogen) atoms. The van der Waals surface area contributed by atoms with E-state index in [9.17, 15) is 4.79 Å². The molecule has 1 amide bonds. The maximum atomic E-state index is 11.5. The van der Waals surface area contributed by atoms with E-state index in [4.69, 9.17) is 11.0 Å². The highest BCUT2D eigenvalue weighted by atomic mass is 16.1. The lowest BCUT2D eigenvalue weighted by atomic mass is 10.1. The molecule has 2 rings (SSSR count). The van der Waals surface area contributed by atoms with Crippen LogP contribution in [0.3, 0.4) is 0 Å². The first-order chi connectivity index (χ1) is 10.1. The zero-order valence-corrected chi connectivity index (χ0v) is 11.7. The van der Waals surface area contributed by atoms with E-state index < -0.39 is 0 Å². The number of carbonyl (C=O) groups excluding carboxylic acids is 1. The minimum atomic E-state index is -0.172. The third kappa shape index (κ3) is 3.51. The van der Waals surface area contributed by atoms with Gasteiger partial charge < -0.3 is 16.4 Å². The summed E-state index contributed by atoms with van der Waals surface area (Å²) in [5, 5.41) is 14.4. The first-order valence-corrected chi connectivity index (χ1v) is 6.48. The summed E-state index contributed by atoms with van der Waals surface area (Å²) >= 11 is 0. The molecule has 106 valence electrons. The molecule has 0 aliphatic rings. The van der Waals surface area contributed by atoms with Gasteiger partial charge in [-0.25, -0.2) is 0 Å². The monoisotopic (exact) mass is 280 g/mol. The molecular weight excluding hydrogens is 264 g/mol. The van der Waals surface area contributed by atoms with Crippen molar-refractivity contribution in [3.05, 3.63) is 53.6 Å². The van der Waals surface area contributed by atoms with E-state index in [0.717, 1.165) is 16.9 Å². The van der Waals surface area contributed by atoms with Gasteiger partial charge in [0.2, 0.25) is 0 Å².